The molecule has 1 heterocycles. The summed E-state index contributed by atoms with van der Waals surface area (Å²) in [6.45, 7) is 0. The van der Waals surface area contributed by atoms with Gasteiger partial charge < -0.3 is 9.47 Å². The highest BCUT2D eigenvalue weighted by Crippen LogP contribution is 2.60. The van der Waals surface area contributed by atoms with Crippen molar-refractivity contribution in [1.82, 2.24) is 4.57 Å². The van der Waals surface area contributed by atoms with Crippen molar-refractivity contribution >= 4 is 49.6 Å². The van der Waals surface area contributed by atoms with Crippen molar-refractivity contribution in [3.05, 3.63) is 336 Å². The number of rotatable bonds is 8. The Balaban J connectivity index is 1.04. The maximum Gasteiger partial charge on any atom is 0.0714 e. The van der Waals surface area contributed by atoms with Gasteiger partial charge in [0.15, 0.2) is 0 Å². The number of benzene rings is 12. The van der Waals surface area contributed by atoms with Crippen LogP contribution in [0.2, 0.25) is 0 Å². The molecule has 0 amide bonds. The molecule has 346 valence electrons. The first kappa shape index (κ1) is 42.2. The molecule has 2 aliphatic rings. The minimum absolute atomic E-state index is 0.570. The number of fused-ring (bicyclic) bond motifs is 10. The highest BCUT2D eigenvalue weighted by Gasteiger charge is 2.48. The Morgan fingerprint density at radius 1 is 0.257 bits per heavy atom. The van der Waals surface area contributed by atoms with Crippen molar-refractivity contribution in [2.24, 2.45) is 0 Å². The first-order valence-electron chi connectivity index (χ1n) is 25.7. The van der Waals surface area contributed by atoms with E-state index in [0.717, 1.165) is 22.7 Å². The highest BCUT2D eigenvalue weighted by atomic mass is 15.1. The molecule has 2 heteroatoms. The zero-order valence-corrected chi connectivity index (χ0v) is 40.6. The van der Waals surface area contributed by atoms with Crippen molar-refractivity contribution in [1.29, 1.82) is 0 Å². The second-order valence-electron chi connectivity index (χ2n) is 19.9. The van der Waals surface area contributed by atoms with E-state index in [2.05, 4.69) is 301 Å². The van der Waals surface area contributed by atoms with E-state index in [9.17, 15) is 0 Å². The molecule has 12 aromatic carbocycles. The van der Waals surface area contributed by atoms with E-state index in [4.69, 9.17) is 0 Å². The lowest BCUT2D eigenvalue weighted by molar-refractivity contribution is 0.767. The van der Waals surface area contributed by atoms with Gasteiger partial charge in [-0.3, -0.25) is 0 Å². The lowest BCUT2D eigenvalue weighted by Gasteiger charge is -2.36. The second-order valence-corrected chi connectivity index (χ2v) is 19.9. The molecule has 0 spiro atoms. The molecule has 2 nitrogen and oxygen atoms in total. The zero-order chi connectivity index (χ0) is 48.8. The lowest BCUT2D eigenvalue weighted by Crippen LogP contribution is -2.29. The van der Waals surface area contributed by atoms with Gasteiger partial charge in [-0.05, 0) is 144 Å². The average Bonchev–Trinajstić information content (AvgIpc) is 4.07. The summed E-state index contributed by atoms with van der Waals surface area (Å²) in [5, 5.41) is 4.87. The molecule has 2 aliphatic carbocycles. The van der Waals surface area contributed by atoms with Crippen LogP contribution in [0, 0.1) is 0 Å². The van der Waals surface area contributed by atoms with Crippen molar-refractivity contribution in [2.45, 2.75) is 10.8 Å². The van der Waals surface area contributed by atoms with Gasteiger partial charge in [-0.25, -0.2) is 0 Å². The monoisotopic (exact) mass is 940 g/mol. The van der Waals surface area contributed by atoms with Gasteiger partial charge in [-0.1, -0.05) is 224 Å². The number of anilines is 3. The van der Waals surface area contributed by atoms with E-state index in [1.165, 1.54) is 99.3 Å². The topological polar surface area (TPSA) is 8.17 Å². The van der Waals surface area contributed by atoms with Gasteiger partial charge in [0.25, 0.3) is 0 Å². The van der Waals surface area contributed by atoms with Crippen LogP contribution in [-0.2, 0) is 10.8 Å². The molecular weight excluding hydrogens is 893 g/mol. The average molecular weight is 941 g/mol. The molecule has 0 aliphatic heterocycles. The van der Waals surface area contributed by atoms with E-state index in [0.29, 0.717) is 0 Å². The Morgan fingerprint density at radius 3 is 1.11 bits per heavy atom. The summed E-state index contributed by atoms with van der Waals surface area (Å²) < 4.78 is 2.44. The molecule has 0 bridgehead atoms. The van der Waals surface area contributed by atoms with Crippen molar-refractivity contribution < 1.29 is 0 Å². The molecule has 15 rings (SSSR count). The minimum atomic E-state index is -0.570. The fourth-order valence-electron chi connectivity index (χ4n) is 13.3. The van der Waals surface area contributed by atoms with Crippen molar-refractivity contribution in [2.75, 3.05) is 4.90 Å². The Labute approximate surface area is 431 Å². The summed E-state index contributed by atoms with van der Waals surface area (Å²) in [5.41, 5.74) is 20.7. The number of hydrogen-bond donors (Lipinski definition) is 0. The Bertz CT molecular complexity index is 4030. The van der Waals surface area contributed by atoms with E-state index < -0.39 is 10.8 Å². The lowest BCUT2D eigenvalue weighted by atomic mass is 9.67. The molecule has 0 saturated heterocycles. The number of nitrogens with zero attached hydrogens (tertiary/aromatic N) is 2. The van der Waals surface area contributed by atoms with Crippen LogP contribution >= 0.6 is 0 Å². The third kappa shape index (κ3) is 6.00. The first-order valence-corrected chi connectivity index (χ1v) is 25.7. The quantitative estimate of drug-likeness (QED) is 0.147. The zero-order valence-electron chi connectivity index (χ0n) is 40.6. The van der Waals surface area contributed by atoms with Crippen LogP contribution in [0.3, 0.4) is 0 Å². The van der Waals surface area contributed by atoms with Gasteiger partial charge in [0, 0.05) is 33.5 Å². The Hall–Kier alpha value is -9.50. The number of para-hydroxylation sites is 1. The van der Waals surface area contributed by atoms with E-state index in [1.807, 2.05) is 0 Å². The molecule has 13 aromatic rings. The van der Waals surface area contributed by atoms with Gasteiger partial charge in [0.05, 0.1) is 21.9 Å². The molecule has 0 fully saturated rings. The van der Waals surface area contributed by atoms with Gasteiger partial charge in [0.1, 0.15) is 0 Å². The van der Waals surface area contributed by atoms with Gasteiger partial charge in [-0.15, -0.1) is 0 Å². The van der Waals surface area contributed by atoms with Crippen molar-refractivity contribution in [3.8, 4) is 27.9 Å². The summed E-state index contributed by atoms with van der Waals surface area (Å²) in [4.78, 5) is 2.53. The van der Waals surface area contributed by atoms with E-state index in [-0.39, 0.29) is 0 Å². The van der Waals surface area contributed by atoms with Crippen LogP contribution in [0.5, 0.6) is 0 Å². The minimum Gasteiger partial charge on any atom is -0.310 e. The molecule has 1 aromatic heterocycles. The van der Waals surface area contributed by atoms with Crippen LogP contribution in [0.15, 0.2) is 291 Å². The SMILES string of the molecule is c1ccc(-n2c3ccc(N(c4ccc5c(c4)C(c4ccccc4)(c4ccccc4)c4ccccc4-5)c4ccc5c(c4)C(c4ccccc4)(c4ccccc4)c4ccccc4-5)cc3c3cc4ccccc4cc32)cc1. The summed E-state index contributed by atoms with van der Waals surface area (Å²) in [6.07, 6.45) is 0. The maximum absolute atomic E-state index is 2.53. The van der Waals surface area contributed by atoms with Gasteiger partial charge in [-0.2, -0.15) is 0 Å². The van der Waals surface area contributed by atoms with Crippen LogP contribution in [-0.4, -0.2) is 4.57 Å². The summed E-state index contributed by atoms with van der Waals surface area (Å²) >= 11 is 0. The molecule has 0 radical (unpaired) electrons. The molecule has 0 saturated carbocycles. The first-order chi connectivity index (χ1) is 36.7. The largest absolute Gasteiger partial charge is 0.310 e. The van der Waals surface area contributed by atoms with E-state index in [1.54, 1.807) is 0 Å². The normalized spacial score (nSPS) is 13.6. The molecular formula is C72H48N2. The van der Waals surface area contributed by atoms with Crippen LogP contribution in [0.25, 0.3) is 60.5 Å². The number of aromatic nitrogens is 1. The smallest absolute Gasteiger partial charge is 0.0714 e. The van der Waals surface area contributed by atoms with Crippen LogP contribution in [0.1, 0.15) is 44.5 Å². The van der Waals surface area contributed by atoms with Crippen LogP contribution < -0.4 is 4.90 Å². The molecule has 0 unspecified atom stereocenters. The Kier molecular flexibility index (Phi) is 9.43. The second kappa shape index (κ2) is 16.5. The standard InChI is InChI=1S/C72H48N2/c1-6-24-51(25-7-1)71(52-26-8-2-9-27-52)65-36-20-18-34-59(65)61-41-38-57(47-67(61)71)73(56-40-43-69-64(46-56)63-44-49-22-16-17-23-50(49)45-70(63)74(69)55-32-14-5-15-33-55)58-39-42-62-60-35-19-21-37-66(60)72(68(62)48-58,53-28-10-3-11-29-53)54-30-12-4-13-31-54/h1-48H. The highest BCUT2D eigenvalue weighted by molar-refractivity contribution is 6.14. The fraction of sp³-hybridized carbons (Fsp3) is 0.0278. The molecule has 0 N–H and O–H groups in total. The number of hydrogen-bond acceptors (Lipinski definition) is 1. The fourth-order valence-corrected chi connectivity index (χ4v) is 13.3. The predicted octanol–water partition coefficient (Wildman–Crippen LogP) is 18.1. The Morgan fingerprint density at radius 2 is 0.622 bits per heavy atom. The third-order valence-electron chi connectivity index (χ3n) is 16.3. The van der Waals surface area contributed by atoms with E-state index >= 15 is 0 Å². The summed E-state index contributed by atoms with van der Waals surface area (Å²) in [5.74, 6) is 0. The predicted molar refractivity (Wildman–Crippen MR) is 308 cm³/mol. The summed E-state index contributed by atoms with van der Waals surface area (Å²) in [6, 6.07) is 109. The van der Waals surface area contributed by atoms with Crippen LogP contribution in [0.4, 0.5) is 17.1 Å². The third-order valence-corrected chi connectivity index (χ3v) is 16.3. The molecule has 74 heavy (non-hydrogen) atoms. The van der Waals surface area contributed by atoms with Gasteiger partial charge >= 0.3 is 0 Å². The van der Waals surface area contributed by atoms with Gasteiger partial charge in [0.2, 0.25) is 0 Å². The maximum atomic E-state index is 2.53. The molecule has 0 atom stereocenters. The summed E-state index contributed by atoms with van der Waals surface area (Å²) in [7, 11) is 0. The van der Waals surface area contributed by atoms with Crippen molar-refractivity contribution in [3.63, 3.8) is 0 Å².